The second-order valence-corrected chi connectivity index (χ2v) is 3.10. The Morgan fingerprint density at radius 3 is 2.45 bits per heavy atom. The molecule has 3 heteroatoms. The molecule has 62 valence electrons. The van der Waals surface area contributed by atoms with Crippen LogP contribution in [0.5, 0.6) is 0 Å². The Balaban J connectivity index is 3.63. The molecule has 11 heavy (non-hydrogen) atoms. The molecule has 0 atom stereocenters. The van der Waals surface area contributed by atoms with Gasteiger partial charge in [0, 0.05) is 17.4 Å². The summed E-state index contributed by atoms with van der Waals surface area (Å²) < 4.78 is 0.730. The maximum atomic E-state index is 10.7. The molecule has 2 nitrogen and oxygen atoms in total. The third-order valence-corrected chi connectivity index (χ3v) is 1.76. The van der Waals surface area contributed by atoms with Crippen LogP contribution in [0.15, 0.2) is 23.2 Å². The number of hydrogen-bond acceptors (Lipinski definition) is 1. The highest BCUT2D eigenvalue weighted by atomic mass is 79.9. The smallest absolute Gasteiger partial charge is 0.219 e. The van der Waals surface area contributed by atoms with E-state index in [1.165, 1.54) is 0 Å². The van der Waals surface area contributed by atoms with Crippen molar-refractivity contribution in [3.63, 3.8) is 0 Å². The summed E-state index contributed by atoms with van der Waals surface area (Å²) in [5.74, 6) is 0.0277. The number of hydrogen-bond donors (Lipinski definition) is 1. The highest BCUT2D eigenvalue weighted by Gasteiger charge is 1.98. The number of carbonyl (C=O) groups excluding carboxylic acids is 1. The van der Waals surface area contributed by atoms with Crippen molar-refractivity contribution in [3.8, 4) is 0 Å². The van der Waals surface area contributed by atoms with E-state index >= 15 is 0 Å². The summed E-state index contributed by atoms with van der Waals surface area (Å²) in [7, 11) is 0. The number of carbonyl (C=O) groups is 1. The molecular weight excluding hydrogens is 206 g/mol. The van der Waals surface area contributed by atoms with Crippen LogP contribution >= 0.6 is 15.9 Å². The zero-order valence-electron chi connectivity index (χ0n) is 6.61. The lowest BCUT2D eigenvalue weighted by atomic mass is 10.3. The normalized spacial score (nSPS) is 8.91. The SMILES string of the molecule is C=C(Br)C(=C)CNC(=O)CC. The molecule has 0 fully saturated rings. The van der Waals surface area contributed by atoms with Gasteiger partial charge in [0.1, 0.15) is 0 Å². The molecule has 0 aliphatic rings. The fraction of sp³-hybridized carbons (Fsp3) is 0.375. The molecule has 0 aliphatic carbocycles. The Morgan fingerprint density at radius 1 is 1.55 bits per heavy atom. The Bertz CT molecular complexity index is 187. The zero-order chi connectivity index (χ0) is 8.85. The summed E-state index contributed by atoms with van der Waals surface area (Å²) >= 11 is 3.17. The molecule has 0 aliphatic heterocycles. The second kappa shape index (κ2) is 5.13. The van der Waals surface area contributed by atoms with E-state index in [9.17, 15) is 4.79 Å². The summed E-state index contributed by atoms with van der Waals surface area (Å²) in [4.78, 5) is 10.7. The van der Waals surface area contributed by atoms with E-state index in [1.54, 1.807) is 6.92 Å². The lowest BCUT2D eigenvalue weighted by Gasteiger charge is -2.04. The molecule has 0 spiro atoms. The lowest BCUT2D eigenvalue weighted by Crippen LogP contribution is -2.24. The molecule has 0 unspecified atom stereocenters. The molecule has 0 heterocycles. The second-order valence-electron chi connectivity index (χ2n) is 2.14. The number of rotatable bonds is 4. The Labute approximate surface area is 75.5 Å². The molecule has 0 radical (unpaired) electrons. The first-order chi connectivity index (χ1) is 5.07. The van der Waals surface area contributed by atoms with Crippen molar-refractivity contribution < 1.29 is 4.79 Å². The van der Waals surface area contributed by atoms with Crippen molar-refractivity contribution in [1.82, 2.24) is 5.32 Å². The van der Waals surface area contributed by atoms with Gasteiger partial charge in [-0.05, 0) is 5.57 Å². The van der Waals surface area contributed by atoms with Crippen molar-refractivity contribution in [2.24, 2.45) is 0 Å². The van der Waals surface area contributed by atoms with Gasteiger partial charge in [0.2, 0.25) is 5.91 Å². The first-order valence-electron chi connectivity index (χ1n) is 3.37. The molecule has 0 rings (SSSR count). The van der Waals surface area contributed by atoms with Crippen LogP contribution in [0.2, 0.25) is 0 Å². The van der Waals surface area contributed by atoms with Gasteiger partial charge in [-0.15, -0.1) is 0 Å². The van der Waals surface area contributed by atoms with Gasteiger partial charge in [-0.1, -0.05) is 36.0 Å². The molecule has 1 amide bonds. The summed E-state index contributed by atoms with van der Waals surface area (Å²) in [5, 5.41) is 2.68. The summed E-state index contributed by atoms with van der Waals surface area (Å²) in [6, 6.07) is 0. The highest BCUT2D eigenvalue weighted by molar-refractivity contribution is 9.11. The third-order valence-electron chi connectivity index (χ3n) is 1.20. The van der Waals surface area contributed by atoms with Crippen LogP contribution in [-0.2, 0) is 4.79 Å². The van der Waals surface area contributed by atoms with Gasteiger partial charge in [-0.3, -0.25) is 4.79 Å². The van der Waals surface area contributed by atoms with Gasteiger partial charge < -0.3 is 5.32 Å². The minimum absolute atomic E-state index is 0.0277. The molecule has 0 aromatic rings. The highest BCUT2D eigenvalue weighted by Crippen LogP contribution is 2.10. The van der Waals surface area contributed by atoms with E-state index in [0.29, 0.717) is 13.0 Å². The van der Waals surface area contributed by atoms with E-state index in [-0.39, 0.29) is 5.91 Å². The van der Waals surface area contributed by atoms with Crippen LogP contribution in [-0.4, -0.2) is 12.5 Å². The zero-order valence-corrected chi connectivity index (χ0v) is 8.20. The molecule has 1 N–H and O–H groups in total. The van der Waals surface area contributed by atoms with Gasteiger partial charge in [0.15, 0.2) is 0 Å². The quantitative estimate of drug-likeness (QED) is 0.718. The molecule has 0 saturated heterocycles. The molecular formula is C8H12BrNO. The van der Waals surface area contributed by atoms with Crippen LogP contribution in [0.3, 0.4) is 0 Å². The first-order valence-corrected chi connectivity index (χ1v) is 4.16. The topological polar surface area (TPSA) is 29.1 Å². The van der Waals surface area contributed by atoms with Crippen LogP contribution < -0.4 is 5.32 Å². The maximum absolute atomic E-state index is 10.7. The minimum atomic E-state index is 0.0277. The lowest BCUT2D eigenvalue weighted by molar-refractivity contribution is -0.120. The van der Waals surface area contributed by atoms with Crippen molar-refractivity contribution in [2.75, 3.05) is 6.54 Å². The monoisotopic (exact) mass is 217 g/mol. The van der Waals surface area contributed by atoms with Crippen molar-refractivity contribution in [1.29, 1.82) is 0 Å². The first kappa shape index (κ1) is 10.4. The average molecular weight is 218 g/mol. The van der Waals surface area contributed by atoms with Crippen LogP contribution in [0, 0.1) is 0 Å². The molecule has 0 saturated carbocycles. The fourth-order valence-corrected chi connectivity index (χ4v) is 0.566. The number of amides is 1. The van der Waals surface area contributed by atoms with Gasteiger partial charge >= 0.3 is 0 Å². The van der Waals surface area contributed by atoms with E-state index in [1.807, 2.05) is 0 Å². The van der Waals surface area contributed by atoms with Crippen LogP contribution in [0.4, 0.5) is 0 Å². The minimum Gasteiger partial charge on any atom is -0.352 e. The maximum Gasteiger partial charge on any atom is 0.219 e. The average Bonchev–Trinajstić information content (AvgIpc) is 1.99. The number of halogens is 1. The van der Waals surface area contributed by atoms with Gasteiger partial charge in [-0.2, -0.15) is 0 Å². The van der Waals surface area contributed by atoms with E-state index in [4.69, 9.17) is 0 Å². The van der Waals surface area contributed by atoms with Crippen molar-refractivity contribution in [3.05, 3.63) is 23.2 Å². The van der Waals surface area contributed by atoms with Crippen LogP contribution in [0.25, 0.3) is 0 Å². The Morgan fingerprint density at radius 2 is 2.09 bits per heavy atom. The van der Waals surface area contributed by atoms with Gasteiger partial charge in [-0.25, -0.2) is 0 Å². The largest absolute Gasteiger partial charge is 0.352 e. The molecule has 0 aromatic carbocycles. The molecule has 0 bridgehead atoms. The van der Waals surface area contributed by atoms with Crippen molar-refractivity contribution in [2.45, 2.75) is 13.3 Å². The van der Waals surface area contributed by atoms with Gasteiger partial charge in [0.25, 0.3) is 0 Å². The van der Waals surface area contributed by atoms with E-state index < -0.39 is 0 Å². The third kappa shape index (κ3) is 4.79. The Hall–Kier alpha value is -0.570. The summed E-state index contributed by atoms with van der Waals surface area (Å²) in [5.41, 5.74) is 0.798. The predicted molar refractivity (Wildman–Crippen MR) is 50.5 cm³/mol. The Kier molecular flexibility index (Phi) is 4.86. The fourth-order valence-electron chi connectivity index (χ4n) is 0.426. The van der Waals surface area contributed by atoms with E-state index in [0.717, 1.165) is 10.1 Å². The van der Waals surface area contributed by atoms with Crippen LogP contribution in [0.1, 0.15) is 13.3 Å². The standard InChI is InChI=1S/C8H12BrNO/c1-4-8(11)10-5-6(2)7(3)9/h2-5H2,1H3,(H,10,11). The van der Waals surface area contributed by atoms with Gasteiger partial charge in [0.05, 0.1) is 0 Å². The summed E-state index contributed by atoms with van der Waals surface area (Å²) in [6.07, 6.45) is 0.502. The van der Waals surface area contributed by atoms with E-state index in [2.05, 4.69) is 34.4 Å². The predicted octanol–water partition coefficient (Wildman–Crippen LogP) is 1.98. The summed E-state index contributed by atoms with van der Waals surface area (Å²) in [6.45, 7) is 9.60. The van der Waals surface area contributed by atoms with Crippen molar-refractivity contribution >= 4 is 21.8 Å². The number of nitrogens with one attached hydrogen (secondary N) is 1. The molecule has 0 aromatic heterocycles.